The van der Waals surface area contributed by atoms with Gasteiger partial charge in [-0.3, -0.25) is 14.2 Å². The van der Waals surface area contributed by atoms with E-state index in [0.717, 1.165) is 29.2 Å². The van der Waals surface area contributed by atoms with Crippen molar-refractivity contribution in [2.75, 3.05) is 5.32 Å². The number of amides is 1. The number of nitrogens with zero attached hydrogens (tertiary/aromatic N) is 4. The highest BCUT2D eigenvalue weighted by Gasteiger charge is 2.39. The van der Waals surface area contributed by atoms with Crippen LogP contribution in [-0.2, 0) is 17.5 Å². The van der Waals surface area contributed by atoms with Crippen molar-refractivity contribution in [3.8, 4) is 0 Å². The first kappa shape index (κ1) is 23.1. The maximum Gasteiger partial charge on any atom is 0.435 e. The molecule has 6 nitrogen and oxygen atoms in total. The van der Waals surface area contributed by atoms with Gasteiger partial charge in [0.15, 0.2) is 11.5 Å². The summed E-state index contributed by atoms with van der Waals surface area (Å²) in [5, 5.41) is 11.5. The van der Waals surface area contributed by atoms with E-state index >= 15 is 0 Å². The number of halogens is 6. The fourth-order valence-electron chi connectivity index (χ4n) is 3.26. The number of hydrogen-bond acceptors (Lipinski definition) is 3. The minimum absolute atomic E-state index is 0.00834. The Balaban J connectivity index is 1.50. The van der Waals surface area contributed by atoms with Crippen molar-refractivity contribution >= 4 is 50.9 Å². The summed E-state index contributed by atoms with van der Waals surface area (Å²) in [4.78, 5) is 12.8. The maximum absolute atomic E-state index is 13.1. The molecule has 1 atom stereocenters. The van der Waals surface area contributed by atoms with Crippen LogP contribution in [0.3, 0.4) is 0 Å². The third-order valence-electron chi connectivity index (χ3n) is 5.08. The zero-order valence-electron chi connectivity index (χ0n) is 16.6. The van der Waals surface area contributed by atoms with Crippen molar-refractivity contribution in [3.63, 3.8) is 0 Å². The van der Waals surface area contributed by atoms with Crippen molar-refractivity contribution in [2.45, 2.75) is 44.4 Å². The molecule has 3 aromatic rings. The maximum atomic E-state index is 13.1. The van der Waals surface area contributed by atoms with Gasteiger partial charge in [-0.15, -0.1) is 0 Å². The van der Waals surface area contributed by atoms with Gasteiger partial charge in [0.2, 0.25) is 5.91 Å². The molecule has 2 aromatic heterocycles. The number of benzene rings is 1. The first-order chi connectivity index (χ1) is 15.0. The lowest BCUT2D eigenvalue weighted by molar-refractivity contribution is -0.141. The third kappa shape index (κ3) is 4.97. The molecule has 1 amide bonds. The fourth-order valence-corrected chi connectivity index (χ4v) is 4.00. The quantitative estimate of drug-likeness (QED) is 0.392. The normalized spacial score (nSPS) is 15.1. The second kappa shape index (κ2) is 8.72. The van der Waals surface area contributed by atoms with Crippen LogP contribution in [0.5, 0.6) is 0 Å². The van der Waals surface area contributed by atoms with Gasteiger partial charge in [-0.2, -0.15) is 23.4 Å². The van der Waals surface area contributed by atoms with Gasteiger partial charge in [0, 0.05) is 17.8 Å². The van der Waals surface area contributed by atoms with Crippen molar-refractivity contribution < 1.29 is 18.0 Å². The van der Waals surface area contributed by atoms with Gasteiger partial charge in [-0.25, -0.2) is 0 Å². The minimum Gasteiger partial charge on any atom is -0.306 e. The lowest BCUT2D eigenvalue weighted by atomic mass is 10.2. The molecule has 0 bridgehead atoms. The molecule has 12 heteroatoms. The molecular formula is C20H17BrCl2F3N5O. The van der Waals surface area contributed by atoms with E-state index in [9.17, 15) is 18.0 Å². The van der Waals surface area contributed by atoms with E-state index in [2.05, 4.69) is 31.4 Å². The Bertz CT molecular complexity index is 1170. The van der Waals surface area contributed by atoms with Gasteiger partial charge >= 0.3 is 6.18 Å². The molecule has 32 heavy (non-hydrogen) atoms. The van der Waals surface area contributed by atoms with Crippen LogP contribution in [0.1, 0.15) is 48.7 Å². The zero-order valence-corrected chi connectivity index (χ0v) is 19.7. The Hall–Kier alpha value is -2.04. The van der Waals surface area contributed by atoms with E-state index in [0.29, 0.717) is 26.8 Å². The summed E-state index contributed by atoms with van der Waals surface area (Å²) >= 11 is 15.3. The Morgan fingerprint density at radius 2 is 1.97 bits per heavy atom. The lowest BCUT2D eigenvalue weighted by Crippen LogP contribution is -2.26. The average molecular weight is 551 g/mol. The van der Waals surface area contributed by atoms with E-state index in [1.807, 2.05) is 0 Å². The monoisotopic (exact) mass is 549 g/mol. The average Bonchev–Trinajstić information content (AvgIpc) is 3.36. The largest absolute Gasteiger partial charge is 0.435 e. The molecule has 2 heterocycles. The summed E-state index contributed by atoms with van der Waals surface area (Å²) < 4.78 is 42.7. The molecule has 1 fully saturated rings. The Morgan fingerprint density at radius 3 is 2.59 bits per heavy atom. The van der Waals surface area contributed by atoms with Crippen LogP contribution >= 0.6 is 39.1 Å². The molecule has 4 rings (SSSR count). The number of carbonyl (C=O) groups excluding carboxylic acids is 1. The summed E-state index contributed by atoms with van der Waals surface area (Å²) in [6, 6.07) is 5.28. The van der Waals surface area contributed by atoms with E-state index in [1.54, 1.807) is 29.1 Å². The van der Waals surface area contributed by atoms with Gasteiger partial charge in [0.1, 0.15) is 6.04 Å². The second-order valence-corrected chi connectivity index (χ2v) is 9.28. The standard InChI is InChI=1S/C20H17BrCl2F3N5O/c1-10(31-16(12-3-4-12)7-17(28-31)20(24,25)26)19(32)27-18-13(21)9-30(29-18)8-11-2-5-14(22)15(23)6-11/h2,5-7,9-10,12H,3-4,8H2,1H3,(H,27,29,32). The highest BCUT2D eigenvalue weighted by atomic mass is 79.9. The minimum atomic E-state index is -4.57. The van der Waals surface area contributed by atoms with Crippen LogP contribution in [-0.4, -0.2) is 25.5 Å². The summed E-state index contributed by atoms with van der Waals surface area (Å²) in [5.74, 6) is -0.284. The lowest BCUT2D eigenvalue weighted by Gasteiger charge is -2.15. The smallest absolute Gasteiger partial charge is 0.306 e. The first-order valence-corrected chi connectivity index (χ1v) is 11.2. The molecule has 170 valence electrons. The van der Waals surface area contributed by atoms with Crippen LogP contribution in [0.15, 0.2) is 34.9 Å². The van der Waals surface area contributed by atoms with E-state index in [-0.39, 0.29) is 11.7 Å². The van der Waals surface area contributed by atoms with Gasteiger partial charge < -0.3 is 5.32 Å². The number of nitrogens with one attached hydrogen (secondary N) is 1. The highest BCUT2D eigenvalue weighted by molar-refractivity contribution is 9.10. The number of anilines is 1. The van der Waals surface area contributed by atoms with Crippen LogP contribution in [0, 0.1) is 0 Å². The van der Waals surface area contributed by atoms with Crippen LogP contribution in [0.4, 0.5) is 19.0 Å². The van der Waals surface area contributed by atoms with Gasteiger partial charge in [-0.1, -0.05) is 29.3 Å². The van der Waals surface area contributed by atoms with E-state index in [4.69, 9.17) is 23.2 Å². The number of aromatic nitrogens is 4. The molecular weight excluding hydrogens is 534 g/mol. The van der Waals surface area contributed by atoms with Gasteiger partial charge in [0.25, 0.3) is 0 Å². The number of rotatable bonds is 6. The summed E-state index contributed by atoms with van der Waals surface area (Å²) in [5.41, 5.74) is 0.279. The first-order valence-electron chi connectivity index (χ1n) is 9.67. The highest BCUT2D eigenvalue weighted by Crippen LogP contribution is 2.43. The van der Waals surface area contributed by atoms with Crippen LogP contribution < -0.4 is 5.32 Å². The Labute approximate surface area is 199 Å². The molecule has 1 N–H and O–H groups in total. The van der Waals surface area contributed by atoms with Crippen molar-refractivity contribution in [1.29, 1.82) is 0 Å². The Morgan fingerprint density at radius 1 is 1.25 bits per heavy atom. The van der Waals surface area contributed by atoms with Gasteiger partial charge in [0.05, 0.1) is 21.1 Å². The zero-order chi connectivity index (χ0) is 23.2. The predicted octanol–water partition coefficient (Wildman–Crippen LogP) is 6.29. The molecule has 1 saturated carbocycles. The summed E-state index contributed by atoms with van der Waals surface area (Å²) in [6.45, 7) is 1.88. The van der Waals surface area contributed by atoms with Crippen molar-refractivity contribution in [2.24, 2.45) is 0 Å². The van der Waals surface area contributed by atoms with Crippen molar-refractivity contribution in [3.05, 3.63) is 61.9 Å². The fraction of sp³-hybridized carbons (Fsp3) is 0.350. The molecule has 1 aromatic carbocycles. The summed E-state index contributed by atoms with van der Waals surface area (Å²) in [7, 11) is 0. The second-order valence-electron chi connectivity index (χ2n) is 7.61. The topological polar surface area (TPSA) is 64.7 Å². The van der Waals surface area contributed by atoms with Crippen LogP contribution in [0.25, 0.3) is 0 Å². The van der Waals surface area contributed by atoms with Crippen molar-refractivity contribution in [1.82, 2.24) is 19.6 Å². The van der Waals surface area contributed by atoms with Crippen LogP contribution in [0.2, 0.25) is 10.0 Å². The number of alkyl halides is 3. The summed E-state index contributed by atoms with van der Waals surface area (Å²) in [6.07, 6.45) is -1.34. The molecule has 1 aliphatic carbocycles. The van der Waals surface area contributed by atoms with E-state index in [1.165, 1.54) is 6.92 Å². The molecule has 0 saturated heterocycles. The predicted molar refractivity (Wildman–Crippen MR) is 118 cm³/mol. The number of hydrogen-bond donors (Lipinski definition) is 1. The molecule has 0 aliphatic heterocycles. The van der Waals surface area contributed by atoms with Gasteiger partial charge in [-0.05, 0) is 59.5 Å². The van der Waals surface area contributed by atoms with E-state index < -0.39 is 23.8 Å². The third-order valence-corrected chi connectivity index (χ3v) is 6.40. The molecule has 0 radical (unpaired) electrons. The molecule has 0 spiro atoms. The number of carbonyl (C=O) groups is 1. The SMILES string of the molecule is CC(C(=O)Nc1nn(Cc2ccc(Cl)c(Cl)c2)cc1Br)n1nc(C(F)(F)F)cc1C1CC1. The Kier molecular flexibility index (Phi) is 6.30. The molecule has 1 aliphatic rings. The molecule has 1 unspecified atom stereocenters.